The molecule has 8 heteroatoms. The fourth-order valence-electron chi connectivity index (χ4n) is 2.41. The van der Waals surface area contributed by atoms with E-state index in [1.165, 1.54) is 6.21 Å². The van der Waals surface area contributed by atoms with Gasteiger partial charge in [0.15, 0.2) is 6.61 Å². The van der Waals surface area contributed by atoms with Crippen LogP contribution in [-0.2, 0) is 4.79 Å². The molecule has 150 valence electrons. The third-order valence-electron chi connectivity index (χ3n) is 3.93. The SMILES string of the molecule is CC(C)C(NC(=O)c1ccccc1Cl)C(=O)N/N=C/c1ccc(OCC#N)cc1. The third-order valence-corrected chi connectivity index (χ3v) is 4.26. The summed E-state index contributed by atoms with van der Waals surface area (Å²) in [6.45, 7) is 3.61. The van der Waals surface area contributed by atoms with Crippen LogP contribution in [0.25, 0.3) is 0 Å². The molecule has 1 atom stereocenters. The number of hydrogen-bond donors (Lipinski definition) is 2. The topological polar surface area (TPSA) is 104 Å². The number of hydrazone groups is 1. The first kappa shape index (κ1) is 21.9. The van der Waals surface area contributed by atoms with Crippen molar-refractivity contribution in [3.05, 3.63) is 64.7 Å². The van der Waals surface area contributed by atoms with Crippen molar-refractivity contribution >= 4 is 29.6 Å². The van der Waals surface area contributed by atoms with E-state index in [1.807, 2.05) is 19.9 Å². The van der Waals surface area contributed by atoms with E-state index in [0.29, 0.717) is 16.3 Å². The maximum absolute atomic E-state index is 12.5. The van der Waals surface area contributed by atoms with E-state index < -0.39 is 17.9 Å². The summed E-state index contributed by atoms with van der Waals surface area (Å²) in [5.41, 5.74) is 3.47. The zero-order chi connectivity index (χ0) is 21.2. The molecular formula is C21H21ClN4O3. The zero-order valence-electron chi connectivity index (χ0n) is 16.1. The number of ether oxygens (including phenoxy) is 1. The molecule has 0 aliphatic carbocycles. The van der Waals surface area contributed by atoms with Crippen molar-refractivity contribution in [2.24, 2.45) is 11.0 Å². The van der Waals surface area contributed by atoms with Crippen LogP contribution in [0, 0.1) is 17.2 Å². The molecule has 7 nitrogen and oxygen atoms in total. The first-order valence-electron chi connectivity index (χ1n) is 8.90. The summed E-state index contributed by atoms with van der Waals surface area (Å²) >= 11 is 6.04. The summed E-state index contributed by atoms with van der Waals surface area (Å²) < 4.78 is 5.17. The van der Waals surface area contributed by atoms with Crippen LogP contribution < -0.4 is 15.5 Å². The lowest BCUT2D eigenvalue weighted by molar-refractivity contribution is -0.123. The number of halogens is 1. The maximum atomic E-state index is 12.5. The number of rotatable bonds is 8. The van der Waals surface area contributed by atoms with E-state index >= 15 is 0 Å². The van der Waals surface area contributed by atoms with E-state index in [2.05, 4.69) is 15.8 Å². The van der Waals surface area contributed by atoms with Gasteiger partial charge in [0, 0.05) is 0 Å². The van der Waals surface area contributed by atoms with E-state index in [1.54, 1.807) is 48.5 Å². The molecule has 2 aromatic rings. The number of carbonyl (C=O) groups excluding carboxylic acids is 2. The van der Waals surface area contributed by atoms with Crippen molar-refractivity contribution in [1.82, 2.24) is 10.7 Å². The first-order valence-corrected chi connectivity index (χ1v) is 9.28. The average Bonchev–Trinajstić information content (AvgIpc) is 2.71. The lowest BCUT2D eigenvalue weighted by atomic mass is 10.0. The molecule has 0 bridgehead atoms. The number of benzene rings is 2. The average molecular weight is 413 g/mol. The van der Waals surface area contributed by atoms with Crippen LogP contribution in [0.2, 0.25) is 5.02 Å². The van der Waals surface area contributed by atoms with Gasteiger partial charge in [0.2, 0.25) is 0 Å². The minimum Gasteiger partial charge on any atom is -0.479 e. The van der Waals surface area contributed by atoms with Crippen LogP contribution in [0.5, 0.6) is 5.75 Å². The normalized spacial score (nSPS) is 11.7. The Labute approximate surface area is 174 Å². The second-order valence-corrected chi connectivity index (χ2v) is 6.83. The fourth-order valence-corrected chi connectivity index (χ4v) is 2.63. The molecule has 2 amide bonds. The smallest absolute Gasteiger partial charge is 0.262 e. The fraction of sp³-hybridized carbons (Fsp3) is 0.238. The van der Waals surface area contributed by atoms with Crippen LogP contribution in [0.1, 0.15) is 29.8 Å². The molecule has 1 unspecified atom stereocenters. The van der Waals surface area contributed by atoms with E-state index in [9.17, 15) is 9.59 Å². The van der Waals surface area contributed by atoms with Gasteiger partial charge in [-0.05, 0) is 47.9 Å². The van der Waals surface area contributed by atoms with Crippen molar-refractivity contribution in [2.45, 2.75) is 19.9 Å². The van der Waals surface area contributed by atoms with Gasteiger partial charge in [-0.3, -0.25) is 9.59 Å². The lowest BCUT2D eigenvalue weighted by Gasteiger charge is -2.20. The molecule has 0 aliphatic rings. The molecule has 0 aliphatic heterocycles. The Morgan fingerprint density at radius 2 is 1.90 bits per heavy atom. The van der Waals surface area contributed by atoms with Crippen molar-refractivity contribution in [3.63, 3.8) is 0 Å². The molecule has 29 heavy (non-hydrogen) atoms. The predicted octanol–water partition coefficient (Wildman–Crippen LogP) is 3.15. The summed E-state index contributed by atoms with van der Waals surface area (Å²) in [5, 5.41) is 15.4. The Hall–Kier alpha value is -3.37. The number of nitrogens with one attached hydrogen (secondary N) is 2. The van der Waals surface area contributed by atoms with Gasteiger partial charge in [-0.2, -0.15) is 10.4 Å². The molecular weight excluding hydrogens is 392 g/mol. The Bertz CT molecular complexity index is 920. The third kappa shape index (κ3) is 6.63. The zero-order valence-corrected chi connectivity index (χ0v) is 16.8. The minimum atomic E-state index is -0.780. The number of carbonyl (C=O) groups is 2. The van der Waals surface area contributed by atoms with E-state index in [4.69, 9.17) is 21.6 Å². The molecule has 0 fully saturated rings. The summed E-state index contributed by atoms with van der Waals surface area (Å²) in [7, 11) is 0. The molecule has 2 N–H and O–H groups in total. The highest BCUT2D eigenvalue weighted by atomic mass is 35.5. The number of nitriles is 1. The Morgan fingerprint density at radius 1 is 1.21 bits per heavy atom. The summed E-state index contributed by atoms with van der Waals surface area (Å²) in [5.74, 6) is -0.463. The molecule has 0 saturated carbocycles. The van der Waals surface area contributed by atoms with Crippen molar-refractivity contribution in [3.8, 4) is 11.8 Å². The van der Waals surface area contributed by atoms with Gasteiger partial charge >= 0.3 is 0 Å². The highest BCUT2D eigenvalue weighted by Crippen LogP contribution is 2.15. The summed E-state index contributed by atoms with van der Waals surface area (Å²) in [4.78, 5) is 24.9. The Kier molecular flexibility index (Phi) is 8.19. The number of hydrogen-bond acceptors (Lipinski definition) is 5. The Morgan fingerprint density at radius 3 is 2.52 bits per heavy atom. The first-order chi connectivity index (χ1) is 13.9. The second kappa shape index (κ2) is 10.8. The monoisotopic (exact) mass is 412 g/mol. The van der Waals surface area contributed by atoms with Gasteiger partial charge in [-0.25, -0.2) is 5.43 Å². The van der Waals surface area contributed by atoms with E-state index in [0.717, 1.165) is 5.56 Å². The van der Waals surface area contributed by atoms with Crippen molar-refractivity contribution < 1.29 is 14.3 Å². The molecule has 0 spiro atoms. The van der Waals surface area contributed by atoms with E-state index in [-0.39, 0.29) is 12.5 Å². The van der Waals surface area contributed by atoms with Gasteiger partial charge in [0.05, 0.1) is 16.8 Å². The molecule has 0 aromatic heterocycles. The minimum absolute atomic E-state index is 0.0278. The van der Waals surface area contributed by atoms with Gasteiger partial charge in [0.1, 0.15) is 17.9 Å². The highest BCUT2D eigenvalue weighted by Gasteiger charge is 2.25. The summed E-state index contributed by atoms with van der Waals surface area (Å²) in [6.07, 6.45) is 1.47. The van der Waals surface area contributed by atoms with Gasteiger partial charge in [0.25, 0.3) is 11.8 Å². The van der Waals surface area contributed by atoms with Crippen LogP contribution in [0.15, 0.2) is 53.6 Å². The molecule has 0 radical (unpaired) electrons. The van der Waals surface area contributed by atoms with Crippen molar-refractivity contribution in [1.29, 1.82) is 5.26 Å². The van der Waals surface area contributed by atoms with Crippen LogP contribution in [-0.4, -0.2) is 30.7 Å². The predicted molar refractivity (Wildman–Crippen MR) is 111 cm³/mol. The van der Waals surface area contributed by atoms with Gasteiger partial charge in [-0.1, -0.05) is 37.6 Å². The maximum Gasteiger partial charge on any atom is 0.262 e. The standard InChI is InChI=1S/C21H21ClN4O3/c1-14(2)19(25-20(27)17-5-3-4-6-18(17)22)21(28)26-24-13-15-7-9-16(10-8-15)29-12-11-23/h3-10,13-14,19H,12H2,1-2H3,(H,25,27)(H,26,28)/b24-13+. The van der Waals surface area contributed by atoms with Gasteiger partial charge in [-0.15, -0.1) is 0 Å². The molecule has 0 saturated heterocycles. The van der Waals surface area contributed by atoms with Crippen LogP contribution in [0.3, 0.4) is 0 Å². The van der Waals surface area contributed by atoms with Crippen LogP contribution in [0.4, 0.5) is 0 Å². The summed E-state index contributed by atoms with van der Waals surface area (Å²) in [6, 6.07) is 14.6. The molecule has 0 heterocycles. The largest absolute Gasteiger partial charge is 0.479 e. The molecule has 2 aromatic carbocycles. The number of amides is 2. The van der Waals surface area contributed by atoms with Gasteiger partial charge < -0.3 is 10.1 Å². The molecule has 2 rings (SSSR count). The number of nitrogens with zero attached hydrogens (tertiary/aromatic N) is 2. The quantitative estimate of drug-likeness (QED) is 0.513. The lowest BCUT2D eigenvalue weighted by Crippen LogP contribution is -2.48. The van der Waals surface area contributed by atoms with Crippen molar-refractivity contribution in [2.75, 3.05) is 6.61 Å². The highest BCUT2D eigenvalue weighted by molar-refractivity contribution is 6.33. The second-order valence-electron chi connectivity index (χ2n) is 6.43. The van der Waals surface area contributed by atoms with Crippen LogP contribution >= 0.6 is 11.6 Å². The Balaban J connectivity index is 1.97.